The van der Waals surface area contributed by atoms with E-state index in [1.165, 1.54) is 42.4 Å². The smallest absolute Gasteiger partial charge is 0.247 e. The molecule has 152 valence electrons. The molecule has 2 aromatic carbocycles. The Morgan fingerprint density at radius 1 is 1.07 bits per heavy atom. The van der Waals surface area contributed by atoms with Gasteiger partial charge >= 0.3 is 0 Å². The molecule has 0 aromatic heterocycles. The minimum Gasteiger partial charge on any atom is -0.370 e. The summed E-state index contributed by atoms with van der Waals surface area (Å²) < 4.78 is 0. The van der Waals surface area contributed by atoms with Crippen LogP contribution in [0.3, 0.4) is 0 Å². The van der Waals surface area contributed by atoms with Crippen LogP contribution in [0.25, 0.3) is 0 Å². The summed E-state index contributed by atoms with van der Waals surface area (Å²) in [5, 5.41) is 10.7. The molecular weight excluding hydrogens is 382 g/mol. The molecule has 5 heteroatoms. The van der Waals surface area contributed by atoms with Crippen LogP contribution in [-0.2, 0) is 17.9 Å². The normalized spacial score (nSPS) is 18.9. The Balaban J connectivity index is 1.39. The lowest BCUT2D eigenvalue weighted by Gasteiger charge is -2.21. The molecule has 4 nitrogen and oxygen atoms in total. The number of carbonyl (C=O) groups excluding carboxylic acids is 1. The van der Waals surface area contributed by atoms with Gasteiger partial charge in [-0.15, -0.1) is 0 Å². The number of halogens is 1. The number of benzene rings is 2. The van der Waals surface area contributed by atoms with Crippen molar-refractivity contribution in [2.45, 2.75) is 57.2 Å². The van der Waals surface area contributed by atoms with Gasteiger partial charge in [-0.1, -0.05) is 36.6 Å². The second-order valence-corrected chi connectivity index (χ2v) is 9.22. The number of carbonyl (C=O) groups is 1. The maximum Gasteiger partial charge on any atom is 0.247 e. The van der Waals surface area contributed by atoms with Crippen LogP contribution < -0.4 is 16.0 Å². The fourth-order valence-corrected chi connectivity index (χ4v) is 4.47. The highest BCUT2D eigenvalue weighted by Crippen LogP contribution is 2.42. The molecule has 5 rings (SSSR count). The summed E-state index contributed by atoms with van der Waals surface area (Å²) in [7, 11) is 0. The molecule has 0 bridgehead atoms. The van der Waals surface area contributed by atoms with Gasteiger partial charge in [0, 0.05) is 30.3 Å². The topological polar surface area (TPSA) is 53.2 Å². The summed E-state index contributed by atoms with van der Waals surface area (Å²) in [6.45, 7) is 2.54. The van der Waals surface area contributed by atoms with Gasteiger partial charge < -0.3 is 16.0 Å². The Kier molecular flexibility index (Phi) is 5.23. The van der Waals surface area contributed by atoms with E-state index in [1.807, 2.05) is 12.1 Å². The molecule has 0 radical (unpaired) electrons. The van der Waals surface area contributed by atoms with Gasteiger partial charge in [-0.25, -0.2) is 0 Å². The van der Waals surface area contributed by atoms with Gasteiger partial charge in [-0.3, -0.25) is 4.79 Å². The lowest BCUT2D eigenvalue weighted by atomic mass is 10.00. The van der Waals surface area contributed by atoms with Crippen molar-refractivity contribution in [2.24, 2.45) is 5.92 Å². The Morgan fingerprint density at radius 3 is 2.69 bits per heavy atom. The molecule has 0 saturated heterocycles. The van der Waals surface area contributed by atoms with Crippen molar-refractivity contribution in [3.63, 3.8) is 0 Å². The van der Waals surface area contributed by atoms with E-state index in [0.717, 1.165) is 43.2 Å². The zero-order valence-electron chi connectivity index (χ0n) is 16.6. The van der Waals surface area contributed by atoms with Gasteiger partial charge in [0.25, 0.3) is 0 Å². The number of nitrogens with one attached hydrogen (secondary N) is 3. The summed E-state index contributed by atoms with van der Waals surface area (Å²) in [5.74, 6) is 1.42. The molecule has 2 aliphatic carbocycles. The summed E-state index contributed by atoms with van der Waals surface area (Å²) in [6.07, 6.45) is 6.11. The molecule has 3 N–H and O–H groups in total. The molecule has 1 amide bonds. The highest BCUT2D eigenvalue weighted by molar-refractivity contribution is 6.30. The van der Waals surface area contributed by atoms with Crippen molar-refractivity contribution < 1.29 is 4.79 Å². The fraction of sp³-hybridized carbons (Fsp3) is 0.458. The second kappa shape index (κ2) is 8.00. The Labute approximate surface area is 177 Å². The van der Waals surface area contributed by atoms with Gasteiger partial charge in [0.2, 0.25) is 5.91 Å². The lowest BCUT2D eigenvalue weighted by Crippen LogP contribution is -2.34. The predicted octanol–water partition coefficient (Wildman–Crippen LogP) is 4.89. The van der Waals surface area contributed by atoms with Crippen LogP contribution in [-0.4, -0.2) is 12.5 Å². The maximum atomic E-state index is 13.2. The van der Waals surface area contributed by atoms with Crippen LogP contribution in [0.2, 0.25) is 5.02 Å². The van der Waals surface area contributed by atoms with Crippen LogP contribution in [0.5, 0.6) is 0 Å². The molecule has 0 unspecified atom stereocenters. The number of hydrogen-bond acceptors (Lipinski definition) is 3. The molecule has 1 atom stereocenters. The van der Waals surface area contributed by atoms with Crippen molar-refractivity contribution in [3.8, 4) is 0 Å². The molecule has 0 spiro atoms. The number of rotatable bonds is 8. The summed E-state index contributed by atoms with van der Waals surface area (Å²) in [6, 6.07) is 12.1. The van der Waals surface area contributed by atoms with Crippen LogP contribution >= 0.6 is 11.6 Å². The summed E-state index contributed by atoms with van der Waals surface area (Å²) in [4.78, 5) is 13.2. The van der Waals surface area contributed by atoms with E-state index in [1.54, 1.807) is 0 Å². The molecule has 2 fully saturated rings. The monoisotopic (exact) mass is 409 g/mol. The largest absolute Gasteiger partial charge is 0.370 e. The minimum atomic E-state index is -0.446. The first-order chi connectivity index (χ1) is 14.2. The van der Waals surface area contributed by atoms with Gasteiger partial charge in [0.1, 0.15) is 6.04 Å². The van der Waals surface area contributed by atoms with Crippen LogP contribution in [0, 0.1) is 5.92 Å². The number of anilines is 1. The van der Waals surface area contributed by atoms with Gasteiger partial charge in [-0.05, 0) is 77.6 Å². The van der Waals surface area contributed by atoms with Gasteiger partial charge in [0.15, 0.2) is 0 Å². The standard InChI is InChI=1S/C24H28ClN3O/c25-21-10-18(16-3-4-16)9-19(11-21)23(24(29)27-8-7-15-1-2-15)28-22-6-5-17-13-26-14-20(17)12-22/h5-6,9-12,15-16,23,26,28H,1-4,7-8,13-14H2,(H,27,29)/t23-/m1/s1. The Hall–Kier alpha value is -2.04. The molecular formula is C24H28ClN3O. The van der Waals surface area contributed by atoms with E-state index in [9.17, 15) is 4.79 Å². The molecule has 3 aliphatic rings. The van der Waals surface area contributed by atoms with Crippen molar-refractivity contribution in [2.75, 3.05) is 11.9 Å². The van der Waals surface area contributed by atoms with E-state index < -0.39 is 6.04 Å². The van der Waals surface area contributed by atoms with Crippen molar-refractivity contribution in [1.82, 2.24) is 10.6 Å². The second-order valence-electron chi connectivity index (χ2n) is 8.78. The van der Waals surface area contributed by atoms with Crippen LogP contribution in [0.15, 0.2) is 36.4 Å². The van der Waals surface area contributed by atoms with Crippen LogP contribution in [0.1, 0.15) is 66.3 Å². The SMILES string of the molecule is O=C(NCCC1CC1)[C@H](Nc1ccc2c(c1)CNC2)c1cc(Cl)cc(C2CC2)c1. The van der Waals surface area contributed by atoms with E-state index >= 15 is 0 Å². The highest BCUT2D eigenvalue weighted by atomic mass is 35.5. The Morgan fingerprint density at radius 2 is 1.90 bits per heavy atom. The molecule has 2 aromatic rings. The lowest BCUT2D eigenvalue weighted by molar-refractivity contribution is -0.122. The third-order valence-corrected chi connectivity index (χ3v) is 6.50. The first-order valence-corrected chi connectivity index (χ1v) is 11.2. The zero-order valence-corrected chi connectivity index (χ0v) is 17.4. The summed E-state index contributed by atoms with van der Waals surface area (Å²) in [5.41, 5.74) is 5.81. The van der Waals surface area contributed by atoms with Crippen molar-refractivity contribution in [1.29, 1.82) is 0 Å². The van der Waals surface area contributed by atoms with E-state index in [-0.39, 0.29) is 5.91 Å². The van der Waals surface area contributed by atoms with Gasteiger partial charge in [0.05, 0.1) is 0 Å². The fourth-order valence-electron chi connectivity index (χ4n) is 4.21. The average Bonchev–Trinajstić information content (AvgIpc) is 3.63. The zero-order chi connectivity index (χ0) is 19.8. The molecule has 1 heterocycles. The molecule has 29 heavy (non-hydrogen) atoms. The van der Waals surface area contributed by atoms with Crippen molar-refractivity contribution in [3.05, 3.63) is 63.7 Å². The van der Waals surface area contributed by atoms with Gasteiger partial charge in [-0.2, -0.15) is 0 Å². The van der Waals surface area contributed by atoms with Crippen LogP contribution in [0.4, 0.5) is 5.69 Å². The average molecular weight is 410 g/mol. The number of fused-ring (bicyclic) bond motifs is 1. The highest BCUT2D eigenvalue weighted by Gasteiger charge is 2.28. The minimum absolute atomic E-state index is 0.0216. The quantitative estimate of drug-likeness (QED) is 0.581. The first-order valence-electron chi connectivity index (χ1n) is 10.8. The number of amides is 1. The molecule has 1 aliphatic heterocycles. The summed E-state index contributed by atoms with van der Waals surface area (Å²) >= 11 is 6.44. The van der Waals surface area contributed by atoms with E-state index in [4.69, 9.17) is 11.6 Å². The first kappa shape index (κ1) is 19.0. The Bertz CT molecular complexity index is 920. The number of hydrogen-bond donors (Lipinski definition) is 3. The van der Waals surface area contributed by atoms with Crippen molar-refractivity contribution >= 4 is 23.2 Å². The van der Waals surface area contributed by atoms with E-state index in [2.05, 4.69) is 40.2 Å². The third-order valence-electron chi connectivity index (χ3n) is 6.28. The molecule has 2 saturated carbocycles. The predicted molar refractivity (Wildman–Crippen MR) is 117 cm³/mol. The third kappa shape index (κ3) is 4.59. The van der Waals surface area contributed by atoms with E-state index in [0.29, 0.717) is 10.9 Å². The maximum absolute atomic E-state index is 13.2.